The Labute approximate surface area is 309 Å². The van der Waals surface area contributed by atoms with Crippen molar-refractivity contribution < 1.29 is 23.9 Å². The Hall–Kier alpha value is -1.89. The van der Waals surface area contributed by atoms with Gasteiger partial charge in [-0.1, -0.05) is 46.3 Å². The van der Waals surface area contributed by atoms with Crippen LogP contribution in [-0.2, 0) is 23.9 Å². The Morgan fingerprint density at radius 2 is 1.41 bits per heavy atom. The second kappa shape index (κ2) is 13.4. The smallest absolute Gasteiger partial charge is 0.302 e. The molecule has 0 spiro atoms. The number of piperidine rings is 2. The summed E-state index contributed by atoms with van der Waals surface area (Å²) in [6.07, 6.45) is 16.7. The van der Waals surface area contributed by atoms with Crippen LogP contribution >= 0.6 is 0 Å². The molecule has 2 aliphatic heterocycles. The van der Waals surface area contributed by atoms with E-state index in [-0.39, 0.29) is 39.7 Å². The average Bonchev–Trinajstić information content (AvgIpc) is 3.50. The summed E-state index contributed by atoms with van der Waals surface area (Å²) in [5.41, 5.74) is 0.948. The predicted octanol–water partition coefficient (Wildman–Crippen LogP) is 8.60. The molecule has 4 unspecified atom stereocenters. The summed E-state index contributed by atoms with van der Waals surface area (Å²) < 4.78 is 11.8. The van der Waals surface area contributed by atoms with Crippen molar-refractivity contribution in [2.45, 2.75) is 157 Å². The molecule has 5 saturated carbocycles. The molecule has 0 aromatic heterocycles. The molecule has 286 valence electrons. The first-order valence-electron chi connectivity index (χ1n) is 21.1. The van der Waals surface area contributed by atoms with Crippen LogP contribution in [0.25, 0.3) is 0 Å². The molecule has 1 amide bonds. The highest BCUT2D eigenvalue weighted by Gasteiger charge is 2.72. The van der Waals surface area contributed by atoms with E-state index >= 15 is 4.79 Å². The minimum absolute atomic E-state index is 0.0546. The van der Waals surface area contributed by atoms with Crippen LogP contribution in [0.5, 0.6) is 0 Å². The number of likely N-dealkylation sites (tertiary alicyclic amines) is 2. The maximum absolute atomic E-state index is 15.1. The number of amides is 1. The number of fused-ring (bicyclic) bond motifs is 7. The van der Waals surface area contributed by atoms with Crippen LogP contribution in [0.1, 0.15) is 145 Å². The van der Waals surface area contributed by atoms with Gasteiger partial charge in [-0.05, 0) is 156 Å². The first-order chi connectivity index (χ1) is 24.1. The first-order valence-corrected chi connectivity index (χ1v) is 21.1. The fraction of sp³-hybridized carbons (Fsp3) is 0.886. The minimum atomic E-state index is -0.421. The predicted molar refractivity (Wildman–Crippen MR) is 201 cm³/mol. The lowest BCUT2D eigenvalue weighted by molar-refractivity contribution is -0.257. The summed E-state index contributed by atoms with van der Waals surface area (Å²) >= 11 is 0. The van der Waals surface area contributed by atoms with Crippen molar-refractivity contribution >= 4 is 17.8 Å². The van der Waals surface area contributed by atoms with E-state index in [0.29, 0.717) is 48.1 Å². The van der Waals surface area contributed by atoms with Gasteiger partial charge >= 0.3 is 11.9 Å². The molecule has 7 heteroatoms. The molecule has 0 N–H and O–H groups in total. The molecule has 7 nitrogen and oxygen atoms in total. The molecular formula is C44H70N2O5. The number of ether oxygens (including phenoxy) is 2. The average molecular weight is 707 g/mol. The van der Waals surface area contributed by atoms with Crippen molar-refractivity contribution in [2.24, 2.45) is 56.7 Å². The summed E-state index contributed by atoms with van der Waals surface area (Å²) in [6.45, 7) is 24.5. The van der Waals surface area contributed by atoms with Crippen molar-refractivity contribution in [3.8, 4) is 0 Å². The van der Waals surface area contributed by atoms with Crippen LogP contribution < -0.4 is 0 Å². The van der Waals surface area contributed by atoms with E-state index in [1.54, 1.807) is 0 Å². The Kier molecular flexibility index (Phi) is 9.87. The van der Waals surface area contributed by atoms with Crippen LogP contribution in [0, 0.1) is 56.7 Å². The largest absolute Gasteiger partial charge is 0.465 e. The van der Waals surface area contributed by atoms with Gasteiger partial charge in [-0.25, -0.2) is 0 Å². The first kappa shape index (κ1) is 37.4. The number of rotatable bonds is 6. The number of allylic oxidation sites excluding steroid dienone is 1. The van der Waals surface area contributed by atoms with Crippen molar-refractivity contribution in [1.29, 1.82) is 0 Å². The molecule has 5 aliphatic carbocycles. The van der Waals surface area contributed by atoms with E-state index in [9.17, 15) is 9.59 Å². The van der Waals surface area contributed by atoms with E-state index in [2.05, 4.69) is 51.0 Å². The fourth-order valence-corrected chi connectivity index (χ4v) is 15.2. The molecule has 7 rings (SSSR count). The second-order valence-electron chi connectivity index (χ2n) is 19.9. The van der Waals surface area contributed by atoms with Gasteiger partial charge in [0.15, 0.2) is 0 Å². The Balaban J connectivity index is 1.16. The van der Waals surface area contributed by atoms with Crippen LogP contribution in [0.3, 0.4) is 0 Å². The van der Waals surface area contributed by atoms with Crippen molar-refractivity contribution in [2.75, 3.05) is 32.8 Å². The summed E-state index contributed by atoms with van der Waals surface area (Å²) in [4.78, 5) is 44.6. The fourth-order valence-electron chi connectivity index (χ4n) is 15.2. The zero-order valence-electron chi connectivity index (χ0n) is 33.3. The highest BCUT2D eigenvalue weighted by molar-refractivity contribution is 5.84. The van der Waals surface area contributed by atoms with Gasteiger partial charge in [0, 0.05) is 38.4 Å². The van der Waals surface area contributed by atoms with Gasteiger partial charge in [0.2, 0.25) is 5.91 Å². The van der Waals surface area contributed by atoms with Crippen LogP contribution in [0.15, 0.2) is 12.2 Å². The van der Waals surface area contributed by atoms with Gasteiger partial charge in [0.1, 0.15) is 12.7 Å². The van der Waals surface area contributed by atoms with Gasteiger partial charge in [0.25, 0.3) is 0 Å². The van der Waals surface area contributed by atoms with Crippen molar-refractivity contribution in [3.05, 3.63) is 12.2 Å². The maximum Gasteiger partial charge on any atom is 0.302 e. The maximum atomic E-state index is 15.1. The highest BCUT2D eigenvalue weighted by Crippen LogP contribution is 2.77. The Bertz CT molecular complexity index is 1380. The van der Waals surface area contributed by atoms with Crippen LogP contribution in [0.4, 0.5) is 0 Å². The summed E-state index contributed by atoms with van der Waals surface area (Å²) in [5.74, 6) is 2.10. The standard InChI is InChI=1S/C44H70N2O5/c1-29(2)33-14-21-44(39(49)46-26-17-32(18-27-46)45-24-10-9-11-25-45)23-22-42(7)34(38(33)44)12-13-36-40(5)19-16-37(51-31(4)48)41(6,28-50-30(3)47)35(40)15-20-43(36,42)8/h32-38H,1,9-28H2,2-8H3/t33-,34?,35?,36?,37-,38?,40-,41-,42+,43+,44-/m0/s1. The molecule has 51 heavy (non-hydrogen) atoms. The Morgan fingerprint density at radius 1 is 0.706 bits per heavy atom. The summed E-state index contributed by atoms with van der Waals surface area (Å²) in [6, 6.07) is 0.649. The van der Waals surface area contributed by atoms with Gasteiger partial charge in [-0.2, -0.15) is 0 Å². The number of esters is 2. The number of carbonyl (C=O) groups is 3. The molecule has 2 heterocycles. The van der Waals surface area contributed by atoms with E-state index in [0.717, 1.165) is 77.3 Å². The normalized spacial score (nSPS) is 45.8. The summed E-state index contributed by atoms with van der Waals surface area (Å²) in [5, 5.41) is 0. The van der Waals surface area contributed by atoms with Gasteiger partial charge in [-0.15, -0.1) is 0 Å². The number of carbonyl (C=O) groups excluding carboxylic acids is 3. The topological polar surface area (TPSA) is 76.2 Å². The molecule has 11 atom stereocenters. The molecule has 7 aliphatic rings. The number of hydrogen-bond donors (Lipinski definition) is 0. The zero-order chi connectivity index (χ0) is 36.6. The monoisotopic (exact) mass is 707 g/mol. The molecule has 2 saturated heterocycles. The second-order valence-corrected chi connectivity index (χ2v) is 19.9. The number of hydrogen-bond acceptors (Lipinski definition) is 6. The molecule has 0 aromatic carbocycles. The minimum Gasteiger partial charge on any atom is -0.465 e. The quantitative estimate of drug-likeness (QED) is 0.204. The van der Waals surface area contributed by atoms with E-state index in [1.165, 1.54) is 64.6 Å². The van der Waals surface area contributed by atoms with Crippen LogP contribution in [-0.4, -0.2) is 72.6 Å². The molecule has 0 aromatic rings. The van der Waals surface area contributed by atoms with Gasteiger partial charge < -0.3 is 19.3 Å². The third-order valence-corrected chi connectivity index (χ3v) is 17.8. The van der Waals surface area contributed by atoms with Crippen LogP contribution in [0.2, 0.25) is 0 Å². The highest BCUT2D eigenvalue weighted by atomic mass is 16.6. The molecule has 0 radical (unpaired) electrons. The number of nitrogens with zero attached hydrogens (tertiary/aromatic N) is 2. The molecular weight excluding hydrogens is 636 g/mol. The van der Waals surface area contributed by atoms with E-state index < -0.39 is 5.41 Å². The Morgan fingerprint density at radius 3 is 2.06 bits per heavy atom. The zero-order valence-corrected chi connectivity index (χ0v) is 33.3. The lowest BCUT2D eigenvalue weighted by Crippen LogP contribution is -2.68. The van der Waals surface area contributed by atoms with Gasteiger partial charge in [0.05, 0.1) is 5.41 Å². The molecule has 7 fully saturated rings. The third kappa shape index (κ3) is 5.77. The van der Waals surface area contributed by atoms with E-state index in [1.807, 2.05) is 0 Å². The summed E-state index contributed by atoms with van der Waals surface area (Å²) in [7, 11) is 0. The van der Waals surface area contributed by atoms with Crippen molar-refractivity contribution in [3.63, 3.8) is 0 Å². The van der Waals surface area contributed by atoms with Gasteiger partial charge in [-0.3, -0.25) is 14.4 Å². The SMILES string of the molecule is C=C(C)[C@@H]1CC[C@]2(C(=O)N3CCC(N4CCCCC4)CC3)CC[C@]3(C)C(CCC4[C@@]5(C)CC[C@H](OC(C)=O)[C@@](C)(COC(C)=O)C5CC[C@]43C)C12. The van der Waals surface area contributed by atoms with E-state index in [4.69, 9.17) is 9.47 Å². The lowest BCUT2D eigenvalue weighted by Gasteiger charge is -2.73. The molecule has 0 bridgehead atoms. The third-order valence-electron chi connectivity index (χ3n) is 17.8. The van der Waals surface area contributed by atoms with Crippen molar-refractivity contribution in [1.82, 2.24) is 9.80 Å². The lowest BCUT2D eigenvalue weighted by atomic mass is 9.32.